The molecule has 0 spiro atoms. The number of carbonyl (C=O) groups excluding carboxylic acids is 3. The van der Waals surface area contributed by atoms with Crippen molar-refractivity contribution in [1.29, 1.82) is 5.41 Å². The maximum atomic E-state index is 13.3. The summed E-state index contributed by atoms with van der Waals surface area (Å²) in [5, 5.41) is 14.9. The number of nitrogen functional groups attached to an aromatic ring is 1. The van der Waals surface area contributed by atoms with Crippen molar-refractivity contribution >= 4 is 34.9 Å². The highest BCUT2D eigenvalue weighted by molar-refractivity contribution is 7.10. The first-order valence-electron chi connectivity index (χ1n) is 13.7. The maximum absolute atomic E-state index is 13.3. The molecule has 5 N–H and O–H groups in total. The van der Waals surface area contributed by atoms with E-state index in [9.17, 15) is 14.4 Å². The molecule has 1 saturated heterocycles. The molecule has 43 heavy (non-hydrogen) atoms. The number of rotatable bonds is 11. The van der Waals surface area contributed by atoms with Gasteiger partial charge in [-0.3, -0.25) is 19.8 Å². The molecule has 1 fully saturated rings. The number of likely N-dealkylation sites (tertiary alicyclic amines) is 1. The first-order chi connectivity index (χ1) is 20.9. The lowest BCUT2D eigenvalue weighted by Crippen LogP contribution is -2.48. The Bertz CT molecular complexity index is 1580. The summed E-state index contributed by atoms with van der Waals surface area (Å²) in [5.41, 5.74) is 6.51. The van der Waals surface area contributed by atoms with Crippen molar-refractivity contribution in [3.05, 3.63) is 112 Å². The fourth-order valence-corrected chi connectivity index (χ4v) is 5.49. The summed E-state index contributed by atoms with van der Waals surface area (Å²) in [4.78, 5) is 41.7. The lowest BCUT2D eigenvalue weighted by molar-refractivity contribution is -0.137. The zero-order valence-electron chi connectivity index (χ0n) is 23.2. The van der Waals surface area contributed by atoms with Gasteiger partial charge in [0, 0.05) is 27.8 Å². The van der Waals surface area contributed by atoms with Crippen LogP contribution < -0.4 is 25.8 Å². The fourth-order valence-electron chi connectivity index (χ4n) is 4.66. The molecule has 3 amide bonds. The molecule has 10 nitrogen and oxygen atoms in total. The van der Waals surface area contributed by atoms with Gasteiger partial charge in [0.2, 0.25) is 11.8 Å². The summed E-state index contributed by atoms with van der Waals surface area (Å²) in [5.74, 6) is 0.716. The summed E-state index contributed by atoms with van der Waals surface area (Å²) >= 11 is 1.39. The Morgan fingerprint density at radius 3 is 2.19 bits per heavy atom. The van der Waals surface area contributed by atoms with Crippen LogP contribution in [0.4, 0.5) is 0 Å². The van der Waals surface area contributed by atoms with E-state index < -0.39 is 24.0 Å². The number of nitrogens with two attached hydrogens (primary N) is 1. The lowest BCUT2D eigenvalue weighted by atomic mass is 10.1. The molecule has 11 heteroatoms. The van der Waals surface area contributed by atoms with E-state index in [1.807, 2.05) is 60.7 Å². The summed E-state index contributed by atoms with van der Waals surface area (Å²) in [6.45, 7) is 0.150. The smallest absolute Gasteiger partial charge is 0.251 e. The normalized spacial score (nSPS) is 15.9. The van der Waals surface area contributed by atoms with Crippen LogP contribution >= 0.6 is 11.3 Å². The average Bonchev–Trinajstić information content (AvgIpc) is 3.68. The molecule has 220 valence electrons. The molecular weight excluding hydrogens is 566 g/mol. The monoisotopic (exact) mass is 597 g/mol. The number of amides is 3. The van der Waals surface area contributed by atoms with Gasteiger partial charge in [0.1, 0.15) is 35.2 Å². The summed E-state index contributed by atoms with van der Waals surface area (Å²) in [6, 6.07) is 26.1. The minimum absolute atomic E-state index is 0.0409. The molecule has 1 aliphatic heterocycles. The van der Waals surface area contributed by atoms with Crippen molar-refractivity contribution in [2.24, 2.45) is 5.73 Å². The molecule has 2 atom stereocenters. The predicted octanol–water partition coefficient (Wildman–Crippen LogP) is 3.92. The Morgan fingerprint density at radius 2 is 1.53 bits per heavy atom. The Kier molecular flexibility index (Phi) is 9.33. The van der Waals surface area contributed by atoms with Crippen molar-refractivity contribution < 1.29 is 23.9 Å². The van der Waals surface area contributed by atoms with Gasteiger partial charge in [-0.2, -0.15) is 0 Å². The average molecular weight is 598 g/mol. The summed E-state index contributed by atoms with van der Waals surface area (Å²) in [7, 11) is 0. The van der Waals surface area contributed by atoms with Crippen molar-refractivity contribution in [2.45, 2.75) is 25.1 Å². The molecule has 0 radical (unpaired) electrons. The first kappa shape index (κ1) is 29.3. The molecule has 1 aromatic heterocycles. The second-order valence-electron chi connectivity index (χ2n) is 9.91. The number of hydrogen-bond donors (Lipinski definition) is 4. The van der Waals surface area contributed by atoms with E-state index in [1.54, 1.807) is 35.7 Å². The zero-order chi connectivity index (χ0) is 30.2. The molecule has 0 aliphatic carbocycles. The molecule has 0 bridgehead atoms. The number of para-hydroxylation sites is 2. The van der Waals surface area contributed by atoms with Crippen LogP contribution in [0, 0.1) is 5.41 Å². The maximum Gasteiger partial charge on any atom is 0.251 e. The van der Waals surface area contributed by atoms with Gasteiger partial charge in [0.25, 0.3) is 5.91 Å². The lowest BCUT2D eigenvalue weighted by Gasteiger charge is -2.23. The Hall–Kier alpha value is -5.16. The van der Waals surface area contributed by atoms with Crippen LogP contribution in [0.15, 0.2) is 96.4 Å². The van der Waals surface area contributed by atoms with Crippen molar-refractivity contribution in [1.82, 2.24) is 15.5 Å². The largest absolute Gasteiger partial charge is 0.488 e. The molecule has 3 aromatic carbocycles. The SMILES string of the molecule is N=C(N)c1csc(CNC(=O)C2C[C@H](Oc3ccccc3)CN2C(=O)CNC(=O)c2ccc(Oc3ccccc3)cc2)c1. The second kappa shape index (κ2) is 13.7. The summed E-state index contributed by atoms with van der Waals surface area (Å²) < 4.78 is 11.8. The molecule has 5 rings (SSSR count). The van der Waals surface area contributed by atoms with Gasteiger partial charge in [-0.05, 0) is 54.6 Å². The number of nitrogens with one attached hydrogen (secondary N) is 3. The number of hydrogen-bond acceptors (Lipinski definition) is 7. The van der Waals surface area contributed by atoms with Crippen LogP contribution in [0.1, 0.15) is 27.2 Å². The first-order valence-corrected chi connectivity index (χ1v) is 14.6. The van der Waals surface area contributed by atoms with Gasteiger partial charge in [-0.15, -0.1) is 11.3 Å². The van der Waals surface area contributed by atoms with E-state index in [0.717, 1.165) is 4.88 Å². The third-order valence-corrected chi connectivity index (χ3v) is 7.77. The van der Waals surface area contributed by atoms with Gasteiger partial charge in [0.15, 0.2) is 0 Å². The van der Waals surface area contributed by atoms with Crippen molar-refractivity contribution in [3.8, 4) is 17.2 Å². The van der Waals surface area contributed by atoms with Crippen LogP contribution in [-0.4, -0.2) is 53.7 Å². The van der Waals surface area contributed by atoms with E-state index in [0.29, 0.717) is 34.8 Å². The number of thiophene rings is 1. The van der Waals surface area contributed by atoms with Crippen molar-refractivity contribution in [3.63, 3.8) is 0 Å². The Morgan fingerprint density at radius 1 is 0.884 bits per heavy atom. The highest BCUT2D eigenvalue weighted by atomic mass is 32.1. The van der Waals surface area contributed by atoms with Crippen LogP contribution in [-0.2, 0) is 16.1 Å². The molecular formula is C32H31N5O5S. The number of ether oxygens (including phenoxy) is 2. The number of nitrogens with zero attached hydrogens (tertiary/aromatic N) is 1. The topological polar surface area (TPSA) is 147 Å². The Balaban J connectivity index is 1.20. The third-order valence-electron chi connectivity index (χ3n) is 6.83. The summed E-state index contributed by atoms with van der Waals surface area (Å²) in [6.07, 6.45) is -0.104. The van der Waals surface area contributed by atoms with E-state index in [2.05, 4.69) is 10.6 Å². The fraction of sp³-hybridized carbons (Fsp3) is 0.188. The van der Waals surface area contributed by atoms with E-state index >= 15 is 0 Å². The molecule has 4 aromatic rings. The number of carbonyl (C=O) groups is 3. The van der Waals surface area contributed by atoms with E-state index in [1.165, 1.54) is 16.2 Å². The van der Waals surface area contributed by atoms with Crippen molar-refractivity contribution in [2.75, 3.05) is 13.1 Å². The van der Waals surface area contributed by atoms with E-state index in [-0.39, 0.29) is 31.4 Å². The van der Waals surface area contributed by atoms with Crippen LogP contribution in [0.5, 0.6) is 17.2 Å². The van der Waals surface area contributed by atoms with E-state index in [4.69, 9.17) is 20.6 Å². The highest BCUT2D eigenvalue weighted by Crippen LogP contribution is 2.24. The van der Waals surface area contributed by atoms with Gasteiger partial charge in [0.05, 0.1) is 19.6 Å². The zero-order valence-corrected chi connectivity index (χ0v) is 24.0. The Labute approximate surface area is 252 Å². The van der Waals surface area contributed by atoms with Crippen LogP contribution in [0.25, 0.3) is 0 Å². The van der Waals surface area contributed by atoms with Gasteiger partial charge in [-0.25, -0.2) is 0 Å². The molecule has 2 heterocycles. The quantitative estimate of drug-likeness (QED) is 0.152. The number of amidine groups is 1. The van der Waals surface area contributed by atoms with Gasteiger partial charge < -0.3 is 30.7 Å². The minimum Gasteiger partial charge on any atom is -0.488 e. The van der Waals surface area contributed by atoms with Gasteiger partial charge >= 0.3 is 0 Å². The molecule has 1 unspecified atom stereocenters. The third kappa shape index (κ3) is 7.77. The second-order valence-corrected chi connectivity index (χ2v) is 10.9. The predicted molar refractivity (Wildman–Crippen MR) is 163 cm³/mol. The minimum atomic E-state index is -0.778. The number of benzene rings is 3. The highest BCUT2D eigenvalue weighted by Gasteiger charge is 2.40. The van der Waals surface area contributed by atoms with Gasteiger partial charge in [-0.1, -0.05) is 36.4 Å². The molecule has 1 aliphatic rings. The molecule has 0 saturated carbocycles. The standard InChI is InChI=1S/C32H31N5O5S/c33-30(34)22-15-27(43-20-22)17-35-32(40)28-16-26(42-24-9-5-2-6-10-24)19-37(28)29(38)18-36-31(39)21-11-13-25(14-12-21)41-23-7-3-1-4-8-23/h1-15,20,26,28H,16-19H2,(H3,33,34)(H,35,40)(H,36,39)/t26-,28?/m0/s1. The van der Waals surface area contributed by atoms with Crippen LogP contribution in [0.2, 0.25) is 0 Å². The van der Waals surface area contributed by atoms with Crippen LogP contribution in [0.3, 0.4) is 0 Å².